The number of aldehydes is 1. The summed E-state index contributed by atoms with van der Waals surface area (Å²) in [6, 6.07) is 30.5. The molecule has 340 valence electrons. The molecule has 1 aromatic heterocycles. The maximum Gasteiger partial charge on any atom is 0.255 e. The van der Waals surface area contributed by atoms with E-state index >= 15 is 0 Å². The van der Waals surface area contributed by atoms with Crippen LogP contribution in [0.1, 0.15) is 79.9 Å². The van der Waals surface area contributed by atoms with Crippen molar-refractivity contribution in [3.05, 3.63) is 119 Å². The van der Waals surface area contributed by atoms with Crippen molar-refractivity contribution < 1.29 is 38.2 Å². The largest absolute Gasteiger partial charge is 0.493 e. The van der Waals surface area contributed by atoms with Gasteiger partial charge in [0.2, 0.25) is 11.8 Å². The van der Waals surface area contributed by atoms with Gasteiger partial charge in [0.15, 0.2) is 18.1 Å². The standard InChI is InChI=1S/C29H27N3O4.C23H32N2O4/c1-31-24-11-7-6-10-22(24)29-21(14-15-33)23(17-25(32-29)19-8-4-3-5-9-19)20-12-13-26(27(16-20)35-2)36-18-28(30)34;1-15(2)12-13-29-16(3)6-4-7-17-8-5-9-18-14-25(23(28)21(17)18)19-10-11-20(26)24-22(19)27/h3-13,15-17,31H,14,18H2,1-2H3,(H2,30,34);5,8-9,15-16,19H,4,6-7,10-14H2,1-3H3,(H,24,26,27). The lowest BCUT2D eigenvalue weighted by molar-refractivity contribution is -0.137. The van der Waals surface area contributed by atoms with Gasteiger partial charge >= 0.3 is 0 Å². The van der Waals surface area contributed by atoms with E-state index in [1.165, 1.54) is 7.11 Å². The van der Waals surface area contributed by atoms with Gasteiger partial charge < -0.3 is 35.0 Å². The minimum Gasteiger partial charge on any atom is -0.493 e. The summed E-state index contributed by atoms with van der Waals surface area (Å²) in [5.41, 5.74) is 14.7. The molecule has 13 heteroatoms. The van der Waals surface area contributed by atoms with Crippen molar-refractivity contribution in [2.45, 2.75) is 84.4 Å². The van der Waals surface area contributed by atoms with Crippen LogP contribution in [0.25, 0.3) is 33.6 Å². The molecule has 65 heavy (non-hydrogen) atoms. The van der Waals surface area contributed by atoms with Crippen LogP contribution in [-0.2, 0) is 43.3 Å². The maximum atomic E-state index is 13.1. The first-order valence-corrected chi connectivity index (χ1v) is 22.2. The number of imide groups is 1. The fourth-order valence-electron chi connectivity index (χ4n) is 8.18. The third kappa shape index (κ3) is 12.0. The first-order valence-electron chi connectivity index (χ1n) is 22.2. The second-order valence-electron chi connectivity index (χ2n) is 16.6. The average Bonchev–Trinajstić information content (AvgIpc) is 3.64. The van der Waals surface area contributed by atoms with E-state index in [2.05, 4.69) is 31.4 Å². The molecule has 13 nitrogen and oxygen atoms in total. The van der Waals surface area contributed by atoms with Gasteiger partial charge in [0, 0.05) is 55.4 Å². The van der Waals surface area contributed by atoms with Crippen LogP contribution in [0, 0.1) is 5.92 Å². The van der Waals surface area contributed by atoms with E-state index in [1.807, 2.05) is 98.0 Å². The van der Waals surface area contributed by atoms with E-state index in [0.717, 1.165) is 100 Å². The van der Waals surface area contributed by atoms with Crippen molar-refractivity contribution >= 4 is 35.6 Å². The Morgan fingerprint density at radius 2 is 1.69 bits per heavy atom. The van der Waals surface area contributed by atoms with Gasteiger partial charge in [0.25, 0.3) is 11.8 Å². The average molecular weight is 882 g/mol. The lowest BCUT2D eigenvalue weighted by atomic mass is 9.91. The number of methoxy groups -OCH3 is 1. The zero-order chi connectivity index (χ0) is 46.5. The van der Waals surface area contributed by atoms with Gasteiger partial charge in [-0.3, -0.25) is 24.5 Å². The molecule has 2 unspecified atom stereocenters. The summed E-state index contributed by atoms with van der Waals surface area (Å²) in [6.07, 6.45) is 5.72. The van der Waals surface area contributed by atoms with E-state index in [0.29, 0.717) is 30.4 Å². The van der Waals surface area contributed by atoms with Crippen LogP contribution < -0.4 is 25.8 Å². The Balaban J connectivity index is 0.000000221. The lowest BCUT2D eigenvalue weighted by Crippen LogP contribution is -2.52. The fraction of sp³-hybridized carbons (Fsp3) is 0.346. The molecule has 0 spiro atoms. The predicted molar refractivity (Wildman–Crippen MR) is 251 cm³/mol. The Kier molecular flexibility index (Phi) is 16.6. The van der Waals surface area contributed by atoms with E-state index in [4.69, 9.17) is 24.9 Å². The smallest absolute Gasteiger partial charge is 0.255 e. The second-order valence-corrected chi connectivity index (χ2v) is 16.6. The number of nitrogens with one attached hydrogen (secondary N) is 2. The van der Waals surface area contributed by atoms with Crippen molar-refractivity contribution in [3.8, 4) is 45.1 Å². The summed E-state index contributed by atoms with van der Waals surface area (Å²) < 4.78 is 16.9. The number of primary amides is 1. The number of aryl methyl sites for hydroxylation is 1. The highest BCUT2D eigenvalue weighted by Crippen LogP contribution is 2.40. The van der Waals surface area contributed by atoms with Crippen LogP contribution in [-0.4, -0.2) is 79.3 Å². The van der Waals surface area contributed by atoms with E-state index in [-0.39, 0.29) is 43.3 Å². The number of fused-ring (bicyclic) bond motifs is 1. The monoisotopic (exact) mass is 881 g/mol. The highest BCUT2D eigenvalue weighted by atomic mass is 16.5. The Morgan fingerprint density at radius 1 is 0.923 bits per heavy atom. The Morgan fingerprint density at radius 3 is 2.40 bits per heavy atom. The normalized spacial score (nSPS) is 14.8. The SMILES string of the molecule is CC(C)CCOC(C)CCCc1cccc2c1C(=O)N(C1CCC(=O)NC1=O)C2.CNc1ccccc1-c1nc(-c2ccccc2)cc(-c2ccc(OCC(N)=O)c(OC)c2)c1CC=O. The third-order valence-corrected chi connectivity index (χ3v) is 11.6. The summed E-state index contributed by atoms with van der Waals surface area (Å²) in [5, 5.41) is 5.58. The molecule has 2 atom stereocenters. The molecule has 5 aromatic rings. The van der Waals surface area contributed by atoms with E-state index in [9.17, 15) is 24.0 Å². The number of carbonyl (C=O) groups excluding carboxylic acids is 5. The minimum absolute atomic E-state index is 0.0914. The Hall–Kier alpha value is -6.86. The highest BCUT2D eigenvalue weighted by Gasteiger charge is 2.40. The topological polar surface area (TPSA) is 179 Å². The van der Waals surface area contributed by atoms with Crippen LogP contribution >= 0.6 is 0 Å². The third-order valence-electron chi connectivity index (χ3n) is 11.6. The van der Waals surface area contributed by atoms with Crippen LogP contribution in [0.15, 0.2) is 97.1 Å². The Bertz CT molecular complexity index is 2490. The number of aromatic nitrogens is 1. The molecule has 2 aliphatic heterocycles. The number of rotatable bonds is 19. The number of hydrogen-bond donors (Lipinski definition) is 3. The molecule has 1 saturated heterocycles. The molecule has 0 radical (unpaired) electrons. The van der Waals surface area contributed by atoms with Gasteiger partial charge in [0.05, 0.1) is 24.6 Å². The fourth-order valence-corrected chi connectivity index (χ4v) is 8.18. The molecule has 2 aliphatic rings. The summed E-state index contributed by atoms with van der Waals surface area (Å²) in [6.45, 7) is 7.45. The first-order chi connectivity index (χ1) is 31.4. The van der Waals surface area contributed by atoms with Crippen LogP contribution in [0.2, 0.25) is 0 Å². The summed E-state index contributed by atoms with van der Waals surface area (Å²) in [7, 11) is 3.38. The number of amides is 4. The summed E-state index contributed by atoms with van der Waals surface area (Å²) >= 11 is 0. The van der Waals surface area contributed by atoms with Crippen LogP contribution in [0.3, 0.4) is 0 Å². The number of carbonyl (C=O) groups is 5. The number of ether oxygens (including phenoxy) is 3. The number of hydrogen-bond acceptors (Lipinski definition) is 10. The van der Waals surface area contributed by atoms with Gasteiger partial charge in [-0.1, -0.05) is 86.6 Å². The van der Waals surface area contributed by atoms with E-state index < -0.39 is 11.9 Å². The molecular formula is C52H59N5O8. The van der Waals surface area contributed by atoms with Crippen molar-refractivity contribution in [2.24, 2.45) is 11.7 Å². The molecule has 0 saturated carbocycles. The molecule has 3 heterocycles. The zero-order valence-electron chi connectivity index (χ0n) is 37.9. The second kappa shape index (κ2) is 22.7. The molecular weight excluding hydrogens is 823 g/mol. The number of piperidine rings is 1. The first kappa shape index (κ1) is 47.6. The number of para-hydroxylation sites is 1. The molecule has 0 bridgehead atoms. The zero-order valence-corrected chi connectivity index (χ0v) is 37.9. The van der Waals surface area contributed by atoms with Gasteiger partial charge in [0.1, 0.15) is 12.3 Å². The van der Waals surface area contributed by atoms with Gasteiger partial charge in [-0.25, -0.2) is 4.98 Å². The summed E-state index contributed by atoms with van der Waals surface area (Å²) in [4.78, 5) is 66.4. The summed E-state index contributed by atoms with van der Waals surface area (Å²) in [5.74, 6) is 0.191. The minimum atomic E-state index is -0.580. The van der Waals surface area contributed by atoms with Crippen molar-refractivity contribution in [1.82, 2.24) is 15.2 Å². The van der Waals surface area contributed by atoms with Crippen LogP contribution in [0.4, 0.5) is 5.69 Å². The number of benzene rings is 4. The number of nitrogens with zero attached hydrogens (tertiary/aromatic N) is 2. The van der Waals surface area contributed by atoms with Crippen molar-refractivity contribution in [3.63, 3.8) is 0 Å². The number of nitrogens with two attached hydrogens (primary N) is 1. The molecule has 0 aliphatic carbocycles. The van der Waals surface area contributed by atoms with Gasteiger partial charge in [-0.15, -0.1) is 0 Å². The number of pyridine rings is 1. The van der Waals surface area contributed by atoms with Gasteiger partial charge in [-0.2, -0.15) is 0 Å². The Labute approximate surface area is 381 Å². The molecule has 1 fully saturated rings. The number of anilines is 1. The molecule has 4 amide bonds. The van der Waals surface area contributed by atoms with Gasteiger partial charge in [-0.05, 0) is 97.0 Å². The molecule has 7 rings (SSSR count). The highest BCUT2D eigenvalue weighted by molar-refractivity contribution is 6.06. The van der Waals surface area contributed by atoms with Crippen molar-refractivity contribution in [1.29, 1.82) is 0 Å². The predicted octanol–water partition coefficient (Wildman–Crippen LogP) is 7.96. The molecule has 4 N–H and O–H groups in total. The van der Waals surface area contributed by atoms with Crippen molar-refractivity contribution in [2.75, 3.05) is 32.7 Å². The quantitative estimate of drug-likeness (QED) is 0.0544. The van der Waals surface area contributed by atoms with E-state index in [1.54, 1.807) is 11.0 Å². The van der Waals surface area contributed by atoms with Crippen LogP contribution in [0.5, 0.6) is 11.5 Å². The molecule has 4 aromatic carbocycles. The maximum absolute atomic E-state index is 13.1. The lowest BCUT2D eigenvalue weighted by Gasteiger charge is -2.29.